The summed E-state index contributed by atoms with van der Waals surface area (Å²) in [7, 11) is 1.40. The summed E-state index contributed by atoms with van der Waals surface area (Å²) >= 11 is 1.77. The zero-order valence-corrected chi connectivity index (χ0v) is 15.4. The molecule has 130 valence electrons. The first-order valence-electron chi connectivity index (χ1n) is 8.05. The Bertz CT molecular complexity index is 930. The van der Waals surface area contributed by atoms with Crippen molar-refractivity contribution >= 4 is 28.6 Å². The van der Waals surface area contributed by atoms with E-state index < -0.39 is 0 Å². The number of hydrogen-bond donors (Lipinski definition) is 1. The highest BCUT2D eigenvalue weighted by Gasteiger charge is 2.16. The van der Waals surface area contributed by atoms with Crippen LogP contribution >= 0.6 is 11.8 Å². The van der Waals surface area contributed by atoms with Gasteiger partial charge in [-0.3, -0.25) is 0 Å². The number of aromatic nitrogens is 1. The van der Waals surface area contributed by atoms with E-state index in [9.17, 15) is 9.90 Å². The predicted molar refractivity (Wildman–Crippen MR) is 103 cm³/mol. The van der Waals surface area contributed by atoms with Gasteiger partial charge in [0.1, 0.15) is 5.75 Å². The number of ether oxygens (including phenoxy) is 1. The highest BCUT2D eigenvalue weighted by atomic mass is 32.2. The minimum absolute atomic E-state index is 0.263. The number of benzene rings is 2. The Balaban J connectivity index is 2.16. The van der Waals surface area contributed by atoms with Gasteiger partial charge in [-0.25, -0.2) is 4.79 Å². The van der Waals surface area contributed by atoms with E-state index in [2.05, 4.69) is 16.9 Å². The second-order valence-corrected chi connectivity index (χ2v) is 6.94. The summed E-state index contributed by atoms with van der Waals surface area (Å²) in [6.07, 6.45) is 3.94. The van der Waals surface area contributed by atoms with Crippen LogP contribution in [0.15, 0.2) is 42.6 Å². The van der Waals surface area contributed by atoms with E-state index in [-0.39, 0.29) is 11.7 Å². The molecule has 0 radical (unpaired) electrons. The molecule has 3 rings (SSSR count). The number of fused-ring (bicyclic) bond motifs is 1. The molecule has 2 aromatic carbocycles. The summed E-state index contributed by atoms with van der Waals surface area (Å²) in [5.74, 6) is 0.910. The third-order valence-electron chi connectivity index (χ3n) is 4.34. The average molecular weight is 355 g/mol. The van der Waals surface area contributed by atoms with Crippen LogP contribution in [-0.4, -0.2) is 34.8 Å². The summed E-state index contributed by atoms with van der Waals surface area (Å²) < 4.78 is 7.03. The number of esters is 1. The Labute approximate surface area is 151 Å². The first-order valence-corrected chi connectivity index (χ1v) is 9.44. The van der Waals surface area contributed by atoms with Crippen LogP contribution in [0.5, 0.6) is 5.75 Å². The fourth-order valence-corrected chi connectivity index (χ4v) is 3.46. The summed E-state index contributed by atoms with van der Waals surface area (Å²) in [5.41, 5.74) is 4.74. The van der Waals surface area contributed by atoms with Crippen LogP contribution in [0, 0.1) is 6.92 Å². The lowest BCUT2D eigenvalue weighted by Crippen LogP contribution is -2.01. The van der Waals surface area contributed by atoms with Gasteiger partial charge in [-0.2, -0.15) is 11.8 Å². The second kappa shape index (κ2) is 7.23. The van der Waals surface area contributed by atoms with E-state index in [1.165, 1.54) is 7.11 Å². The molecule has 1 aromatic heterocycles. The van der Waals surface area contributed by atoms with Gasteiger partial charge in [-0.15, -0.1) is 0 Å². The number of phenols is 1. The number of aromatic hydroxyl groups is 1. The molecular weight excluding hydrogens is 334 g/mol. The van der Waals surface area contributed by atoms with Crippen LogP contribution in [0.1, 0.15) is 15.9 Å². The molecule has 4 nitrogen and oxygen atoms in total. The lowest BCUT2D eigenvalue weighted by Gasteiger charge is -2.09. The molecule has 0 fully saturated rings. The molecular formula is C20H21NO3S. The molecule has 0 amide bonds. The fourth-order valence-electron chi connectivity index (χ4n) is 3.08. The first kappa shape index (κ1) is 17.4. The zero-order valence-electron chi connectivity index (χ0n) is 14.6. The predicted octanol–water partition coefficient (Wildman–Crippen LogP) is 4.47. The Morgan fingerprint density at radius 3 is 2.72 bits per heavy atom. The molecule has 0 saturated heterocycles. The summed E-state index contributed by atoms with van der Waals surface area (Å²) in [6.45, 7) is 2.80. The van der Waals surface area contributed by atoms with Crippen molar-refractivity contribution in [2.75, 3.05) is 19.1 Å². The van der Waals surface area contributed by atoms with Crippen molar-refractivity contribution < 1.29 is 14.6 Å². The number of methoxy groups -OCH3 is 1. The fraction of sp³-hybridized carbons (Fsp3) is 0.250. The monoisotopic (exact) mass is 355 g/mol. The van der Waals surface area contributed by atoms with Crippen LogP contribution in [0.3, 0.4) is 0 Å². The van der Waals surface area contributed by atoms with Crippen LogP contribution < -0.4 is 0 Å². The molecule has 0 saturated carbocycles. The van der Waals surface area contributed by atoms with Gasteiger partial charge in [-0.1, -0.05) is 18.2 Å². The van der Waals surface area contributed by atoms with Crippen LogP contribution in [0.2, 0.25) is 0 Å². The number of hydrogen-bond acceptors (Lipinski definition) is 4. The average Bonchev–Trinajstić information content (AvgIpc) is 2.97. The third kappa shape index (κ3) is 3.37. The molecule has 0 aliphatic heterocycles. The molecule has 1 heterocycles. The molecule has 0 atom stereocenters. The standard InChI is InChI=1S/C20H21NO3S/c1-13-10-15(22)5-7-16(13)14-4-6-17-18(20(23)24-2)12-21(8-9-25-3)19(17)11-14/h4-7,10-12,22H,8-9H2,1-3H3. The number of thioether (sulfide) groups is 1. The highest BCUT2D eigenvalue weighted by molar-refractivity contribution is 7.98. The van der Waals surface area contributed by atoms with Gasteiger partial charge in [0.25, 0.3) is 0 Å². The second-order valence-electron chi connectivity index (χ2n) is 5.95. The van der Waals surface area contributed by atoms with Crippen molar-refractivity contribution in [3.05, 3.63) is 53.7 Å². The zero-order chi connectivity index (χ0) is 18.0. The van der Waals surface area contributed by atoms with Gasteiger partial charge in [0, 0.05) is 29.4 Å². The Kier molecular flexibility index (Phi) is 5.04. The van der Waals surface area contributed by atoms with Crippen molar-refractivity contribution in [1.29, 1.82) is 0 Å². The van der Waals surface area contributed by atoms with E-state index in [0.29, 0.717) is 5.56 Å². The Hall–Kier alpha value is -2.40. The molecule has 0 unspecified atom stereocenters. The van der Waals surface area contributed by atoms with Gasteiger partial charge in [0.15, 0.2) is 0 Å². The van der Waals surface area contributed by atoms with Gasteiger partial charge in [-0.05, 0) is 48.1 Å². The van der Waals surface area contributed by atoms with E-state index in [0.717, 1.165) is 39.9 Å². The van der Waals surface area contributed by atoms with E-state index in [1.807, 2.05) is 31.3 Å². The smallest absolute Gasteiger partial charge is 0.340 e. The minimum atomic E-state index is -0.318. The maximum absolute atomic E-state index is 12.1. The minimum Gasteiger partial charge on any atom is -0.508 e. The molecule has 3 aromatic rings. The molecule has 0 aliphatic rings. The SMILES string of the molecule is COC(=O)c1cn(CCSC)c2cc(-c3ccc(O)cc3C)ccc12. The topological polar surface area (TPSA) is 51.5 Å². The maximum Gasteiger partial charge on any atom is 0.340 e. The Morgan fingerprint density at radius 2 is 2.04 bits per heavy atom. The molecule has 25 heavy (non-hydrogen) atoms. The number of phenolic OH excluding ortho intramolecular Hbond substituents is 1. The summed E-state index contributed by atoms with van der Waals surface area (Å²) in [6, 6.07) is 11.4. The normalized spacial score (nSPS) is 11.0. The van der Waals surface area contributed by atoms with E-state index in [1.54, 1.807) is 23.9 Å². The van der Waals surface area contributed by atoms with Crippen LogP contribution in [0.4, 0.5) is 0 Å². The lowest BCUT2D eigenvalue weighted by atomic mass is 9.99. The molecule has 0 spiro atoms. The largest absolute Gasteiger partial charge is 0.508 e. The van der Waals surface area contributed by atoms with Gasteiger partial charge in [0.2, 0.25) is 0 Å². The van der Waals surface area contributed by atoms with Gasteiger partial charge < -0.3 is 14.4 Å². The van der Waals surface area contributed by atoms with E-state index in [4.69, 9.17) is 4.74 Å². The molecule has 1 N–H and O–H groups in total. The van der Waals surface area contributed by atoms with Gasteiger partial charge in [0.05, 0.1) is 12.7 Å². The van der Waals surface area contributed by atoms with Crippen molar-refractivity contribution in [1.82, 2.24) is 4.57 Å². The highest BCUT2D eigenvalue weighted by Crippen LogP contribution is 2.31. The first-order chi connectivity index (χ1) is 12.0. The van der Waals surface area contributed by atoms with Crippen LogP contribution in [-0.2, 0) is 11.3 Å². The third-order valence-corrected chi connectivity index (χ3v) is 4.94. The molecule has 0 bridgehead atoms. The summed E-state index contributed by atoms with van der Waals surface area (Å²) in [4.78, 5) is 12.1. The maximum atomic E-state index is 12.1. The van der Waals surface area contributed by atoms with Crippen molar-refractivity contribution in [3.8, 4) is 16.9 Å². The number of aryl methyl sites for hydroxylation is 2. The van der Waals surface area contributed by atoms with Gasteiger partial charge >= 0.3 is 5.97 Å². The lowest BCUT2D eigenvalue weighted by molar-refractivity contribution is 0.0602. The van der Waals surface area contributed by atoms with Crippen molar-refractivity contribution in [2.24, 2.45) is 0 Å². The Morgan fingerprint density at radius 1 is 1.24 bits per heavy atom. The van der Waals surface area contributed by atoms with Crippen molar-refractivity contribution in [2.45, 2.75) is 13.5 Å². The summed E-state index contributed by atoms with van der Waals surface area (Å²) in [5, 5.41) is 10.5. The quantitative estimate of drug-likeness (QED) is 0.686. The molecule has 5 heteroatoms. The number of nitrogens with zero attached hydrogens (tertiary/aromatic N) is 1. The van der Waals surface area contributed by atoms with E-state index >= 15 is 0 Å². The number of rotatable bonds is 5. The van der Waals surface area contributed by atoms with Crippen LogP contribution in [0.25, 0.3) is 22.0 Å². The number of carbonyl (C=O) groups excluding carboxylic acids is 1. The number of carbonyl (C=O) groups is 1. The van der Waals surface area contributed by atoms with Crippen molar-refractivity contribution in [3.63, 3.8) is 0 Å². The molecule has 0 aliphatic carbocycles.